The van der Waals surface area contributed by atoms with Crippen molar-refractivity contribution in [1.82, 2.24) is 9.80 Å². The highest BCUT2D eigenvalue weighted by Gasteiger charge is 2.55. The summed E-state index contributed by atoms with van der Waals surface area (Å²) in [4.78, 5) is 16.1. The van der Waals surface area contributed by atoms with Crippen molar-refractivity contribution in [2.45, 2.75) is 12.0 Å². The number of amides is 1. The van der Waals surface area contributed by atoms with Crippen LogP contribution in [0.15, 0.2) is 0 Å². The predicted molar refractivity (Wildman–Crippen MR) is 56.9 cm³/mol. The summed E-state index contributed by atoms with van der Waals surface area (Å²) in [6, 6.07) is 0. The van der Waals surface area contributed by atoms with E-state index in [1.54, 1.807) is 4.90 Å². The SMILES string of the molecule is CN1CC2(C1)CN(C(=O)C1(O)CCOC1)C2. The van der Waals surface area contributed by atoms with Crippen LogP contribution in [0.1, 0.15) is 6.42 Å². The van der Waals surface area contributed by atoms with Gasteiger partial charge in [-0.05, 0) is 7.05 Å². The van der Waals surface area contributed by atoms with Crippen molar-refractivity contribution < 1.29 is 14.6 Å². The van der Waals surface area contributed by atoms with Crippen molar-refractivity contribution in [2.24, 2.45) is 5.41 Å². The van der Waals surface area contributed by atoms with E-state index in [4.69, 9.17) is 4.74 Å². The highest BCUT2D eigenvalue weighted by Crippen LogP contribution is 2.40. The summed E-state index contributed by atoms with van der Waals surface area (Å²) in [6.45, 7) is 4.41. The van der Waals surface area contributed by atoms with Gasteiger partial charge in [-0.25, -0.2) is 0 Å². The molecule has 1 N–H and O–H groups in total. The van der Waals surface area contributed by atoms with Gasteiger partial charge in [-0.2, -0.15) is 0 Å². The molecule has 5 heteroatoms. The van der Waals surface area contributed by atoms with Gasteiger partial charge in [0.2, 0.25) is 0 Å². The van der Waals surface area contributed by atoms with Crippen LogP contribution in [0.2, 0.25) is 0 Å². The van der Waals surface area contributed by atoms with Gasteiger partial charge in [0, 0.05) is 38.0 Å². The number of likely N-dealkylation sites (tertiary alicyclic amines) is 2. The molecule has 0 bridgehead atoms. The van der Waals surface area contributed by atoms with Crippen LogP contribution < -0.4 is 0 Å². The number of carbonyl (C=O) groups excluding carboxylic acids is 1. The molecule has 16 heavy (non-hydrogen) atoms. The Labute approximate surface area is 95.0 Å². The topological polar surface area (TPSA) is 53.0 Å². The van der Waals surface area contributed by atoms with E-state index in [0.717, 1.165) is 26.2 Å². The molecule has 1 atom stereocenters. The number of hydrogen-bond acceptors (Lipinski definition) is 4. The van der Waals surface area contributed by atoms with E-state index < -0.39 is 5.60 Å². The Morgan fingerprint density at radius 1 is 1.31 bits per heavy atom. The third-order valence-corrected chi connectivity index (χ3v) is 3.95. The molecule has 1 amide bonds. The van der Waals surface area contributed by atoms with Gasteiger partial charge in [0.1, 0.15) is 0 Å². The van der Waals surface area contributed by atoms with Crippen LogP contribution in [0.3, 0.4) is 0 Å². The Morgan fingerprint density at radius 2 is 2.00 bits per heavy atom. The third kappa shape index (κ3) is 1.38. The van der Waals surface area contributed by atoms with Crippen molar-refractivity contribution in [1.29, 1.82) is 0 Å². The summed E-state index contributed by atoms with van der Waals surface area (Å²) in [7, 11) is 2.09. The van der Waals surface area contributed by atoms with Crippen molar-refractivity contribution in [3.8, 4) is 0 Å². The van der Waals surface area contributed by atoms with Gasteiger partial charge in [-0.15, -0.1) is 0 Å². The Kier molecular flexibility index (Phi) is 2.09. The van der Waals surface area contributed by atoms with Crippen LogP contribution in [0, 0.1) is 5.41 Å². The van der Waals surface area contributed by atoms with Crippen molar-refractivity contribution in [2.75, 3.05) is 46.4 Å². The lowest BCUT2D eigenvalue weighted by molar-refractivity contribution is -0.174. The lowest BCUT2D eigenvalue weighted by Crippen LogP contribution is -2.73. The lowest BCUT2D eigenvalue weighted by Gasteiger charge is -2.60. The summed E-state index contributed by atoms with van der Waals surface area (Å²) in [5.41, 5.74) is -0.905. The van der Waals surface area contributed by atoms with Gasteiger partial charge < -0.3 is 19.6 Å². The van der Waals surface area contributed by atoms with Gasteiger partial charge in [-0.3, -0.25) is 4.79 Å². The molecule has 0 saturated carbocycles. The quantitative estimate of drug-likeness (QED) is 0.617. The van der Waals surface area contributed by atoms with E-state index in [-0.39, 0.29) is 12.5 Å². The number of rotatable bonds is 1. The zero-order valence-electron chi connectivity index (χ0n) is 9.61. The summed E-state index contributed by atoms with van der Waals surface area (Å²) in [6.07, 6.45) is 0.440. The third-order valence-electron chi connectivity index (χ3n) is 3.95. The molecule has 3 fully saturated rings. The second-order valence-corrected chi connectivity index (χ2v) is 5.67. The summed E-state index contributed by atoms with van der Waals surface area (Å²) < 4.78 is 5.10. The monoisotopic (exact) mass is 226 g/mol. The van der Waals surface area contributed by atoms with Crippen molar-refractivity contribution in [3.05, 3.63) is 0 Å². The van der Waals surface area contributed by atoms with Crippen LogP contribution in [-0.2, 0) is 9.53 Å². The maximum atomic E-state index is 12.0. The Balaban J connectivity index is 1.58. The zero-order chi connectivity index (χ0) is 11.4. The first-order valence-corrected chi connectivity index (χ1v) is 5.81. The smallest absolute Gasteiger partial charge is 0.257 e. The molecule has 5 nitrogen and oxygen atoms in total. The minimum atomic E-state index is -1.24. The highest BCUT2D eigenvalue weighted by molar-refractivity contribution is 5.86. The van der Waals surface area contributed by atoms with Crippen molar-refractivity contribution in [3.63, 3.8) is 0 Å². The number of carbonyl (C=O) groups is 1. The normalized spacial score (nSPS) is 37.2. The molecule has 3 saturated heterocycles. The Morgan fingerprint density at radius 3 is 2.50 bits per heavy atom. The fraction of sp³-hybridized carbons (Fsp3) is 0.909. The molecule has 3 heterocycles. The maximum absolute atomic E-state index is 12.0. The second kappa shape index (κ2) is 3.18. The summed E-state index contributed by atoms with van der Waals surface area (Å²) >= 11 is 0. The molecule has 0 aromatic carbocycles. The van der Waals surface area contributed by atoms with E-state index in [0.29, 0.717) is 18.4 Å². The number of hydrogen-bond donors (Lipinski definition) is 1. The molecule has 1 unspecified atom stereocenters. The molecular formula is C11H18N2O3. The average Bonchev–Trinajstić information content (AvgIpc) is 2.56. The van der Waals surface area contributed by atoms with E-state index in [9.17, 15) is 9.90 Å². The van der Waals surface area contributed by atoms with E-state index >= 15 is 0 Å². The molecule has 0 aromatic rings. The highest BCUT2D eigenvalue weighted by atomic mass is 16.5. The van der Waals surface area contributed by atoms with Gasteiger partial charge in [-0.1, -0.05) is 0 Å². The molecule has 0 radical (unpaired) electrons. The molecule has 3 rings (SSSR count). The average molecular weight is 226 g/mol. The number of nitrogens with zero attached hydrogens (tertiary/aromatic N) is 2. The summed E-state index contributed by atoms with van der Waals surface area (Å²) in [5, 5.41) is 10.1. The molecule has 90 valence electrons. The van der Waals surface area contributed by atoms with Gasteiger partial charge in [0.05, 0.1) is 13.2 Å². The van der Waals surface area contributed by atoms with Crippen LogP contribution >= 0.6 is 0 Å². The van der Waals surface area contributed by atoms with Crippen LogP contribution in [0.4, 0.5) is 0 Å². The molecule has 0 aliphatic carbocycles. The van der Waals surface area contributed by atoms with Crippen LogP contribution in [0.25, 0.3) is 0 Å². The molecular weight excluding hydrogens is 208 g/mol. The van der Waals surface area contributed by atoms with Gasteiger partial charge in [0.15, 0.2) is 5.60 Å². The van der Waals surface area contributed by atoms with E-state index in [1.165, 1.54) is 0 Å². The first kappa shape index (κ1) is 10.5. The summed E-state index contributed by atoms with van der Waals surface area (Å²) in [5.74, 6) is -0.134. The molecule has 0 aromatic heterocycles. The van der Waals surface area contributed by atoms with E-state index in [1.807, 2.05) is 0 Å². The predicted octanol–water partition coefficient (Wildman–Crippen LogP) is -1.09. The fourth-order valence-electron chi connectivity index (χ4n) is 3.22. The Hall–Kier alpha value is -0.650. The van der Waals surface area contributed by atoms with Crippen LogP contribution in [-0.4, -0.2) is 72.9 Å². The van der Waals surface area contributed by atoms with Crippen molar-refractivity contribution >= 4 is 5.91 Å². The minimum absolute atomic E-state index is 0.134. The number of ether oxygens (including phenoxy) is 1. The standard InChI is InChI=1S/C11H18N2O3/c1-12-4-10(5-12)6-13(7-10)9(14)11(15)2-3-16-8-11/h15H,2-8H2,1H3. The fourth-order valence-corrected chi connectivity index (χ4v) is 3.22. The van der Waals surface area contributed by atoms with E-state index in [2.05, 4.69) is 11.9 Å². The first-order valence-electron chi connectivity index (χ1n) is 5.81. The van der Waals surface area contributed by atoms with Gasteiger partial charge >= 0.3 is 0 Å². The minimum Gasteiger partial charge on any atom is -0.378 e. The maximum Gasteiger partial charge on any atom is 0.257 e. The van der Waals surface area contributed by atoms with Crippen LogP contribution in [0.5, 0.6) is 0 Å². The van der Waals surface area contributed by atoms with Gasteiger partial charge in [0.25, 0.3) is 5.91 Å². The number of aliphatic hydroxyl groups is 1. The Bertz CT molecular complexity index is 311. The molecule has 1 spiro atoms. The molecule has 3 aliphatic rings. The first-order chi connectivity index (χ1) is 7.53. The molecule has 3 aliphatic heterocycles. The second-order valence-electron chi connectivity index (χ2n) is 5.67. The lowest BCUT2D eigenvalue weighted by atomic mass is 9.72. The largest absolute Gasteiger partial charge is 0.378 e. The zero-order valence-corrected chi connectivity index (χ0v) is 9.61.